The minimum absolute atomic E-state index is 0.0105. The number of aliphatic hydroxyl groups is 3. The quantitative estimate of drug-likeness (QED) is 0.414. The average molecular weight is 349 g/mol. The molecule has 0 saturated carbocycles. The lowest BCUT2D eigenvalue weighted by Crippen LogP contribution is -2.30. The van der Waals surface area contributed by atoms with Crippen LogP contribution in [0.2, 0.25) is 0 Å². The molecule has 0 fully saturated rings. The van der Waals surface area contributed by atoms with Crippen LogP contribution in [0.5, 0.6) is 0 Å². The van der Waals surface area contributed by atoms with Crippen LogP contribution in [0.1, 0.15) is 12.0 Å². The summed E-state index contributed by atoms with van der Waals surface area (Å²) >= 11 is 1.56. The second kappa shape index (κ2) is 9.52. The highest BCUT2D eigenvalue weighted by atomic mass is 32.2. The highest BCUT2D eigenvalue weighted by Gasteiger charge is 2.19. The number of nitrogens with two attached hydrogens (primary N) is 1. The van der Waals surface area contributed by atoms with Gasteiger partial charge in [-0.2, -0.15) is 0 Å². The van der Waals surface area contributed by atoms with Gasteiger partial charge >= 0.3 is 0 Å². The van der Waals surface area contributed by atoms with Gasteiger partial charge < -0.3 is 26.0 Å². The van der Waals surface area contributed by atoms with Crippen molar-refractivity contribution >= 4 is 34.6 Å². The molecule has 0 aliphatic carbocycles. The van der Waals surface area contributed by atoms with Gasteiger partial charge in [-0.25, -0.2) is 4.99 Å². The van der Waals surface area contributed by atoms with E-state index in [9.17, 15) is 10.2 Å². The zero-order chi connectivity index (χ0) is 17.4. The lowest BCUT2D eigenvalue weighted by Gasteiger charge is -2.26. The molecule has 5 N–H and O–H groups in total. The number of benzene rings is 1. The Morgan fingerprint density at radius 1 is 1.17 bits per heavy atom. The van der Waals surface area contributed by atoms with Crippen LogP contribution in [0.25, 0.3) is 5.57 Å². The Labute approximate surface area is 146 Å². The second-order valence-corrected chi connectivity index (χ2v) is 6.25. The number of rotatable bonds is 8. The molecular formula is C17H23N3O3S. The van der Waals surface area contributed by atoms with Crippen molar-refractivity contribution in [3.63, 3.8) is 0 Å². The number of nitrogens with zero attached hydrogens (tertiary/aromatic N) is 2. The minimum atomic E-state index is 0.0105. The number of hydrogen-bond donors (Lipinski definition) is 4. The van der Waals surface area contributed by atoms with E-state index in [1.807, 2.05) is 28.5 Å². The van der Waals surface area contributed by atoms with Crippen LogP contribution < -0.4 is 10.6 Å². The lowest BCUT2D eigenvalue weighted by molar-refractivity contribution is 0.281. The van der Waals surface area contributed by atoms with Gasteiger partial charge in [-0.1, -0.05) is 11.8 Å². The van der Waals surface area contributed by atoms with E-state index in [1.54, 1.807) is 11.8 Å². The van der Waals surface area contributed by atoms with Gasteiger partial charge in [-0.15, -0.1) is 0 Å². The van der Waals surface area contributed by atoms with Gasteiger partial charge in [0.2, 0.25) is 0 Å². The van der Waals surface area contributed by atoms with Gasteiger partial charge in [0.25, 0.3) is 0 Å². The molecule has 0 bridgehead atoms. The molecule has 7 heteroatoms. The normalized spacial score (nSPS) is 13.6. The molecule has 0 atom stereocenters. The van der Waals surface area contributed by atoms with Gasteiger partial charge in [0.05, 0.1) is 31.3 Å². The number of aliphatic imine (C=N–C) groups is 1. The topological polar surface area (TPSA) is 102 Å². The van der Waals surface area contributed by atoms with Crippen molar-refractivity contribution in [2.75, 3.05) is 50.1 Å². The summed E-state index contributed by atoms with van der Waals surface area (Å²) in [6.07, 6.45) is 0.697. The molecule has 1 aliphatic heterocycles. The van der Waals surface area contributed by atoms with Crippen LogP contribution in [0.15, 0.2) is 33.5 Å². The molecule has 0 saturated heterocycles. The third kappa shape index (κ3) is 4.87. The maximum Gasteiger partial charge on any atom is 0.0715 e. The van der Waals surface area contributed by atoms with E-state index >= 15 is 0 Å². The van der Waals surface area contributed by atoms with Crippen molar-refractivity contribution < 1.29 is 15.3 Å². The Kier molecular flexibility index (Phi) is 7.36. The van der Waals surface area contributed by atoms with E-state index < -0.39 is 0 Å². The summed E-state index contributed by atoms with van der Waals surface area (Å²) in [6, 6.07) is 5.66. The largest absolute Gasteiger partial charge is 0.399 e. The average Bonchev–Trinajstić information content (AvgIpc) is 3.04. The van der Waals surface area contributed by atoms with Gasteiger partial charge in [0.1, 0.15) is 0 Å². The first-order chi connectivity index (χ1) is 11.7. The number of nitrogen functional groups attached to an aromatic ring is 1. The zero-order valence-corrected chi connectivity index (χ0v) is 14.3. The summed E-state index contributed by atoms with van der Waals surface area (Å²) in [5, 5.41) is 29.4. The molecule has 0 spiro atoms. The fourth-order valence-electron chi connectivity index (χ4n) is 2.50. The first-order valence-electron chi connectivity index (χ1n) is 7.81. The highest BCUT2D eigenvalue weighted by Crippen LogP contribution is 2.41. The van der Waals surface area contributed by atoms with Gasteiger partial charge in [-0.05, 0) is 35.1 Å². The molecule has 1 aromatic carbocycles. The summed E-state index contributed by atoms with van der Waals surface area (Å²) in [7, 11) is 0. The Morgan fingerprint density at radius 3 is 2.58 bits per heavy atom. The van der Waals surface area contributed by atoms with Crippen molar-refractivity contribution in [3.8, 4) is 0 Å². The van der Waals surface area contributed by atoms with Crippen LogP contribution in [0.4, 0.5) is 11.4 Å². The SMILES string of the molecule is Nc1ccc(N(CCO)CCO)c(C2=CSC(=C=NCCO)C2)c1. The molecule has 1 aromatic rings. The van der Waals surface area contributed by atoms with Crippen molar-refractivity contribution in [3.05, 3.63) is 34.1 Å². The number of hydrogen-bond acceptors (Lipinski definition) is 7. The molecule has 0 aromatic heterocycles. The van der Waals surface area contributed by atoms with Crippen LogP contribution in [0, 0.1) is 0 Å². The summed E-state index contributed by atoms with van der Waals surface area (Å²) in [6.45, 7) is 1.27. The Bertz CT molecular complexity index is 648. The summed E-state index contributed by atoms with van der Waals surface area (Å²) in [4.78, 5) is 6.98. The number of anilines is 2. The molecular weight excluding hydrogens is 326 g/mol. The fraction of sp³-hybridized carbons (Fsp3) is 0.412. The van der Waals surface area contributed by atoms with Crippen molar-refractivity contribution in [1.29, 1.82) is 0 Å². The molecule has 130 valence electrons. The molecule has 2 rings (SSSR count). The first kappa shape index (κ1) is 18.6. The standard InChI is InChI=1S/C17H23N3O3S/c18-14-1-2-17(20(4-7-22)5-8-23)16(10-14)13-9-15(24-12-13)11-19-3-6-21/h1-2,10,12,21-23H,3-9,18H2. The van der Waals surface area contributed by atoms with E-state index in [2.05, 4.69) is 10.9 Å². The molecule has 6 nitrogen and oxygen atoms in total. The fourth-order valence-corrected chi connectivity index (χ4v) is 3.35. The lowest BCUT2D eigenvalue weighted by atomic mass is 10.0. The van der Waals surface area contributed by atoms with Gasteiger partial charge in [0.15, 0.2) is 0 Å². The first-order valence-corrected chi connectivity index (χ1v) is 8.69. The van der Waals surface area contributed by atoms with Crippen LogP contribution >= 0.6 is 11.8 Å². The predicted molar refractivity (Wildman–Crippen MR) is 100 cm³/mol. The number of aliphatic hydroxyl groups excluding tert-OH is 3. The van der Waals surface area contributed by atoms with Crippen molar-refractivity contribution in [1.82, 2.24) is 0 Å². The van der Waals surface area contributed by atoms with Crippen LogP contribution in [0.3, 0.4) is 0 Å². The maximum absolute atomic E-state index is 9.28. The van der Waals surface area contributed by atoms with Gasteiger partial charge in [-0.3, -0.25) is 0 Å². The smallest absolute Gasteiger partial charge is 0.0715 e. The summed E-state index contributed by atoms with van der Waals surface area (Å²) in [5.41, 5.74) is 9.65. The third-order valence-corrected chi connectivity index (χ3v) is 4.48. The minimum Gasteiger partial charge on any atom is -0.399 e. The van der Waals surface area contributed by atoms with Crippen LogP contribution in [-0.4, -0.2) is 60.6 Å². The maximum atomic E-state index is 9.28. The predicted octanol–water partition coefficient (Wildman–Crippen LogP) is 1.08. The van der Waals surface area contributed by atoms with E-state index in [4.69, 9.17) is 10.8 Å². The molecule has 0 unspecified atom stereocenters. The van der Waals surface area contributed by atoms with E-state index in [0.29, 0.717) is 31.7 Å². The highest BCUT2D eigenvalue weighted by molar-refractivity contribution is 8.06. The van der Waals surface area contributed by atoms with E-state index in [-0.39, 0.29) is 19.8 Å². The van der Waals surface area contributed by atoms with E-state index in [1.165, 1.54) is 0 Å². The monoisotopic (exact) mass is 349 g/mol. The second-order valence-electron chi connectivity index (χ2n) is 5.29. The Morgan fingerprint density at radius 2 is 1.92 bits per heavy atom. The molecule has 0 amide bonds. The third-order valence-electron chi connectivity index (χ3n) is 3.56. The molecule has 1 aliphatic rings. The summed E-state index contributed by atoms with van der Waals surface area (Å²) < 4.78 is 0. The van der Waals surface area contributed by atoms with Gasteiger partial charge in [0, 0.05) is 36.4 Å². The summed E-state index contributed by atoms with van der Waals surface area (Å²) in [5.74, 6) is 2.96. The molecule has 1 heterocycles. The molecule has 0 radical (unpaired) electrons. The van der Waals surface area contributed by atoms with E-state index in [0.717, 1.165) is 21.7 Å². The Balaban J connectivity index is 2.30. The van der Waals surface area contributed by atoms with Crippen LogP contribution in [-0.2, 0) is 0 Å². The van der Waals surface area contributed by atoms with Crippen molar-refractivity contribution in [2.45, 2.75) is 6.42 Å². The number of allylic oxidation sites excluding steroid dienone is 2. The Hall–Kier alpha value is -1.76. The number of thioether (sulfide) groups is 1. The van der Waals surface area contributed by atoms with Crippen molar-refractivity contribution in [2.24, 2.45) is 4.99 Å². The molecule has 24 heavy (non-hydrogen) atoms. The zero-order valence-electron chi connectivity index (χ0n) is 13.5.